The van der Waals surface area contributed by atoms with E-state index >= 15 is 0 Å². The van der Waals surface area contributed by atoms with Crippen LogP contribution in [0.25, 0.3) is 0 Å². The van der Waals surface area contributed by atoms with Gasteiger partial charge in [-0.1, -0.05) is 41.6 Å². The number of rotatable bonds is 0. The number of nitrogens with one attached hydrogen (secondary N) is 1. The lowest BCUT2D eigenvalue weighted by Gasteiger charge is -1.69. The Morgan fingerprint density at radius 2 is 1.00 bits per heavy atom. The molecule has 3 nitrogen and oxygen atoms in total. The van der Waals surface area contributed by atoms with E-state index in [1.165, 1.54) is 0 Å². The molecule has 0 heterocycles. The Hall–Kier alpha value is -1.38. The Kier molecular flexibility index (Phi) is 5.60. The monoisotopic (exact) mass is 123 g/mol. The molecule has 3 heteroatoms. The van der Waals surface area contributed by atoms with Crippen LogP contribution < -0.4 is 5.84 Å². The summed E-state index contributed by atoms with van der Waals surface area (Å²) in [6.45, 7) is 0. The van der Waals surface area contributed by atoms with Gasteiger partial charge in [0.15, 0.2) is 0 Å². The lowest BCUT2D eigenvalue weighted by atomic mass is 10.4. The zero-order valence-electron chi connectivity index (χ0n) is 4.99. The SMILES string of the molecule is N=NN.c1ccccc1. The fourth-order valence-corrected chi connectivity index (χ4v) is 0.385. The van der Waals surface area contributed by atoms with Crippen LogP contribution in [0.1, 0.15) is 0 Å². The summed E-state index contributed by atoms with van der Waals surface area (Å²) in [6.07, 6.45) is 0. The van der Waals surface area contributed by atoms with Gasteiger partial charge in [0.25, 0.3) is 0 Å². The van der Waals surface area contributed by atoms with E-state index in [2.05, 4.69) is 11.1 Å². The molecule has 0 aliphatic carbocycles. The molecule has 0 unspecified atom stereocenters. The van der Waals surface area contributed by atoms with E-state index in [1.807, 2.05) is 36.4 Å². The maximum Gasteiger partial charge on any atom is -0.0623 e. The van der Waals surface area contributed by atoms with Crippen LogP contribution in [0.15, 0.2) is 41.6 Å². The largest absolute Gasteiger partial charge is 0.305 e. The molecule has 0 fully saturated rings. The molecule has 0 aliphatic heterocycles. The summed E-state index contributed by atoms with van der Waals surface area (Å²) in [5, 5.41) is 2.25. The Balaban J connectivity index is 0.000000187. The molecule has 0 spiro atoms. The summed E-state index contributed by atoms with van der Waals surface area (Å²) in [5.74, 6) is 4.14. The van der Waals surface area contributed by atoms with Crippen molar-refractivity contribution in [1.82, 2.24) is 0 Å². The first-order valence-electron chi connectivity index (χ1n) is 2.48. The van der Waals surface area contributed by atoms with Crippen molar-refractivity contribution in [3.63, 3.8) is 0 Å². The topological polar surface area (TPSA) is 62.2 Å². The van der Waals surface area contributed by atoms with Gasteiger partial charge in [0.05, 0.1) is 0 Å². The smallest absolute Gasteiger partial charge is 0.0623 e. The molecular weight excluding hydrogens is 114 g/mol. The molecular formula is C6H9N3. The highest BCUT2D eigenvalue weighted by molar-refractivity contribution is 4.99. The lowest BCUT2D eigenvalue weighted by Crippen LogP contribution is -1.66. The van der Waals surface area contributed by atoms with Crippen LogP contribution in [0.4, 0.5) is 0 Å². The predicted molar refractivity (Wildman–Crippen MR) is 35.8 cm³/mol. The first-order chi connectivity index (χ1) is 4.41. The van der Waals surface area contributed by atoms with Crippen LogP contribution in [0.3, 0.4) is 0 Å². The van der Waals surface area contributed by atoms with E-state index in [1.54, 1.807) is 0 Å². The Morgan fingerprint density at radius 3 is 1.11 bits per heavy atom. The van der Waals surface area contributed by atoms with Gasteiger partial charge in [-0.25, -0.2) is 0 Å². The molecule has 0 amide bonds. The second-order valence-electron chi connectivity index (χ2n) is 1.28. The number of hydrogen-bond acceptors (Lipinski definition) is 2. The van der Waals surface area contributed by atoms with Crippen LogP contribution >= 0.6 is 0 Å². The molecule has 0 aliphatic rings. The summed E-state index contributed by atoms with van der Waals surface area (Å²) >= 11 is 0. The summed E-state index contributed by atoms with van der Waals surface area (Å²) in [5.41, 5.74) is 5.61. The Labute approximate surface area is 54.0 Å². The minimum absolute atomic E-state index is 2.00. The van der Waals surface area contributed by atoms with Gasteiger partial charge in [0.2, 0.25) is 0 Å². The van der Waals surface area contributed by atoms with Crippen molar-refractivity contribution in [2.75, 3.05) is 0 Å². The van der Waals surface area contributed by atoms with E-state index in [4.69, 9.17) is 5.53 Å². The van der Waals surface area contributed by atoms with Gasteiger partial charge in [0.1, 0.15) is 0 Å². The number of nitrogens with zero attached hydrogens (tertiary/aromatic N) is 1. The zero-order valence-corrected chi connectivity index (χ0v) is 4.99. The minimum atomic E-state index is 2.00. The van der Waals surface area contributed by atoms with Crippen LogP contribution in [0, 0.1) is 5.53 Å². The van der Waals surface area contributed by atoms with Crippen molar-refractivity contribution >= 4 is 0 Å². The van der Waals surface area contributed by atoms with E-state index in [0.717, 1.165) is 0 Å². The number of benzene rings is 1. The van der Waals surface area contributed by atoms with Crippen molar-refractivity contribution in [1.29, 1.82) is 5.53 Å². The maximum absolute atomic E-state index is 5.61. The number of hydrogen-bond donors (Lipinski definition) is 2. The predicted octanol–water partition coefficient (Wildman–Crippen LogP) is 1.58. The molecule has 0 radical (unpaired) electrons. The van der Waals surface area contributed by atoms with Gasteiger partial charge in [0, 0.05) is 0 Å². The lowest BCUT2D eigenvalue weighted by molar-refractivity contribution is 0.991. The third kappa shape index (κ3) is 6.62. The van der Waals surface area contributed by atoms with Crippen molar-refractivity contribution in [3.05, 3.63) is 36.4 Å². The molecule has 0 atom stereocenters. The van der Waals surface area contributed by atoms with E-state index in [-0.39, 0.29) is 0 Å². The zero-order chi connectivity index (χ0) is 6.95. The molecule has 0 saturated carbocycles. The quantitative estimate of drug-likeness (QED) is 0.307. The highest BCUT2D eigenvalue weighted by Crippen LogP contribution is 1.79. The minimum Gasteiger partial charge on any atom is -0.305 e. The first kappa shape index (κ1) is 7.62. The fourth-order valence-electron chi connectivity index (χ4n) is 0.385. The molecule has 3 N–H and O–H groups in total. The van der Waals surface area contributed by atoms with Gasteiger partial charge >= 0.3 is 0 Å². The van der Waals surface area contributed by atoms with Gasteiger partial charge in [-0.05, 0) is 0 Å². The highest BCUT2D eigenvalue weighted by Gasteiger charge is 1.57. The van der Waals surface area contributed by atoms with Crippen LogP contribution in [0.2, 0.25) is 0 Å². The van der Waals surface area contributed by atoms with Crippen LogP contribution in [-0.4, -0.2) is 0 Å². The summed E-state index contributed by atoms with van der Waals surface area (Å²) in [4.78, 5) is 0. The van der Waals surface area contributed by atoms with Crippen molar-refractivity contribution < 1.29 is 0 Å². The Bertz CT molecular complexity index is 112. The van der Waals surface area contributed by atoms with Crippen molar-refractivity contribution in [2.45, 2.75) is 0 Å². The second kappa shape index (κ2) is 6.62. The van der Waals surface area contributed by atoms with Gasteiger partial charge in [-0.15, -0.1) is 0 Å². The molecule has 1 aromatic rings. The average Bonchev–Trinajstić information content (AvgIpc) is 1.93. The van der Waals surface area contributed by atoms with E-state index < -0.39 is 0 Å². The van der Waals surface area contributed by atoms with Gasteiger partial charge in [-0.3, -0.25) is 0 Å². The Morgan fingerprint density at radius 1 is 0.889 bits per heavy atom. The van der Waals surface area contributed by atoms with Crippen molar-refractivity contribution in [2.24, 2.45) is 11.1 Å². The second-order valence-corrected chi connectivity index (χ2v) is 1.28. The molecule has 0 aromatic heterocycles. The van der Waals surface area contributed by atoms with Crippen LogP contribution in [-0.2, 0) is 0 Å². The third-order valence-corrected chi connectivity index (χ3v) is 0.667. The highest BCUT2D eigenvalue weighted by atomic mass is 15.2. The van der Waals surface area contributed by atoms with Gasteiger partial charge < -0.3 is 5.84 Å². The fraction of sp³-hybridized carbons (Fsp3) is 0. The first-order valence-corrected chi connectivity index (χ1v) is 2.48. The van der Waals surface area contributed by atoms with Gasteiger partial charge in [-0.2, -0.15) is 5.53 Å². The number of nitrogens with two attached hydrogens (primary N) is 1. The molecule has 0 saturated heterocycles. The van der Waals surface area contributed by atoms with Crippen LogP contribution in [0.5, 0.6) is 0 Å². The summed E-state index contributed by atoms with van der Waals surface area (Å²) in [7, 11) is 0. The van der Waals surface area contributed by atoms with E-state index in [0.29, 0.717) is 0 Å². The summed E-state index contributed by atoms with van der Waals surface area (Å²) in [6, 6.07) is 12.0. The van der Waals surface area contributed by atoms with E-state index in [9.17, 15) is 0 Å². The third-order valence-electron chi connectivity index (χ3n) is 0.667. The molecule has 0 bridgehead atoms. The standard InChI is InChI=1S/C6H6.H3N3/c1-2-4-6-5-3-1;1-3-2/h1-6H;(H3,1,2). The summed E-state index contributed by atoms with van der Waals surface area (Å²) < 4.78 is 0. The average molecular weight is 123 g/mol. The molecule has 48 valence electrons. The van der Waals surface area contributed by atoms with Crippen molar-refractivity contribution in [3.8, 4) is 0 Å². The normalized spacial score (nSPS) is 6.67. The molecule has 1 aromatic carbocycles. The molecule has 1 rings (SSSR count). The maximum atomic E-state index is 5.61. The molecule has 9 heavy (non-hydrogen) atoms.